The summed E-state index contributed by atoms with van der Waals surface area (Å²) in [5.74, 6) is -0.361. The summed E-state index contributed by atoms with van der Waals surface area (Å²) < 4.78 is 1.03. The van der Waals surface area contributed by atoms with E-state index in [1.807, 2.05) is 36.4 Å². The number of halogens is 1. The molecule has 1 atom stereocenters. The van der Waals surface area contributed by atoms with Crippen LogP contribution in [0.5, 0.6) is 0 Å². The number of aliphatic hydroxyl groups is 1. The molecule has 0 aromatic heterocycles. The number of nitrogens with one attached hydrogen (secondary N) is 1. The van der Waals surface area contributed by atoms with E-state index in [9.17, 15) is 9.90 Å². The van der Waals surface area contributed by atoms with Gasteiger partial charge in [0.15, 0.2) is 6.10 Å². The lowest BCUT2D eigenvalue weighted by Gasteiger charge is -2.05. The standard InChI is InChI=1S/C14H10BrNO2S/c15-8-2-1-3-9(6-8)19-10-4-5-11-12(7-10)16-14(18)13(11)17/h1-7,13,17H,(H,16,18). The third-order valence-electron chi connectivity index (χ3n) is 2.86. The highest BCUT2D eigenvalue weighted by Crippen LogP contribution is 2.36. The minimum Gasteiger partial charge on any atom is -0.378 e. The Balaban J connectivity index is 1.88. The van der Waals surface area contributed by atoms with E-state index in [1.165, 1.54) is 0 Å². The van der Waals surface area contributed by atoms with Crippen LogP contribution in [0.2, 0.25) is 0 Å². The van der Waals surface area contributed by atoms with E-state index in [4.69, 9.17) is 0 Å². The molecule has 0 spiro atoms. The summed E-state index contributed by atoms with van der Waals surface area (Å²) in [5, 5.41) is 12.3. The van der Waals surface area contributed by atoms with E-state index < -0.39 is 6.10 Å². The average molecular weight is 336 g/mol. The summed E-state index contributed by atoms with van der Waals surface area (Å²) in [5.41, 5.74) is 1.33. The quantitative estimate of drug-likeness (QED) is 0.881. The Morgan fingerprint density at radius 2 is 1.95 bits per heavy atom. The minimum absolute atomic E-state index is 0.361. The van der Waals surface area contributed by atoms with Crippen LogP contribution in [0.25, 0.3) is 0 Å². The van der Waals surface area contributed by atoms with Gasteiger partial charge in [-0.25, -0.2) is 0 Å². The van der Waals surface area contributed by atoms with Crippen molar-refractivity contribution < 1.29 is 9.90 Å². The lowest BCUT2D eigenvalue weighted by atomic mass is 10.1. The molecule has 2 N–H and O–H groups in total. The summed E-state index contributed by atoms with van der Waals surface area (Å²) in [7, 11) is 0. The van der Waals surface area contributed by atoms with Gasteiger partial charge in [0.1, 0.15) is 0 Å². The third-order valence-corrected chi connectivity index (χ3v) is 4.33. The van der Waals surface area contributed by atoms with Crippen LogP contribution in [-0.2, 0) is 4.79 Å². The molecule has 1 aliphatic heterocycles. The van der Waals surface area contributed by atoms with E-state index in [1.54, 1.807) is 17.8 Å². The number of rotatable bonds is 2. The molecule has 2 aromatic carbocycles. The van der Waals surface area contributed by atoms with Crippen molar-refractivity contribution in [3.05, 3.63) is 52.5 Å². The summed E-state index contributed by atoms with van der Waals surface area (Å²) in [4.78, 5) is 13.5. The second kappa shape index (κ2) is 5.00. The molecule has 1 amide bonds. The normalized spacial score (nSPS) is 17.2. The molecule has 0 saturated carbocycles. The maximum Gasteiger partial charge on any atom is 0.257 e. The van der Waals surface area contributed by atoms with Crippen molar-refractivity contribution in [1.29, 1.82) is 0 Å². The molecule has 1 unspecified atom stereocenters. The summed E-state index contributed by atoms with van der Waals surface area (Å²) in [6, 6.07) is 13.6. The van der Waals surface area contributed by atoms with Gasteiger partial charge in [0.05, 0.1) is 0 Å². The number of fused-ring (bicyclic) bond motifs is 1. The van der Waals surface area contributed by atoms with Crippen LogP contribution in [0.15, 0.2) is 56.7 Å². The van der Waals surface area contributed by atoms with Crippen molar-refractivity contribution in [2.24, 2.45) is 0 Å². The van der Waals surface area contributed by atoms with E-state index in [-0.39, 0.29) is 5.91 Å². The SMILES string of the molecule is O=C1Nc2cc(Sc3cccc(Br)c3)ccc2C1O. The number of benzene rings is 2. The molecule has 19 heavy (non-hydrogen) atoms. The van der Waals surface area contributed by atoms with Crippen LogP contribution in [0.1, 0.15) is 11.7 Å². The molecule has 5 heteroatoms. The van der Waals surface area contributed by atoms with Gasteiger partial charge in [-0.05, 0) is 30.3 Å². The zero-order valence-corrected chi connectivity index (χ0v) is 12.2. The predicted molar refractivity (Wildman–Crippen MR) is 78.3 cm³/mol. The monoisotopic (exact) mass is 335 g/mol. The molecule has 1 heterocycles. The average Bonchev–Trinajstić information content (AvgIpc) is 2.65. The van der Waals surface area contributed by atoms with Gasteiger partial charge in [-0.3, -0.25) is 4.79 Å². The predicted octanol–water partition coefficient (Wildman–Crippen LogP) is 3.59. The fourth-order valence-corrected chi connectivity index (χ4v) is 3.42. The van der Waals surface area contributed by atoms with Gasteiger partial charge in [-0.15, -0.1) is 0 Å². The van der Waals surface area contributed by atoms with Crippen LogP contribution in [0, 0.1) is 0 Å². The number of carbonyl (C=O) groups is 1. The molecule has 0 aliphatic carbocycles. The molecular weight excluding hydrogens is 326 g/mol. The fourth-order valence-electron chi connectivity index (χ4n) is 1.95. The van der Waals surface area contributed by atoms with Gasteiger partial charge in [-0.1, -0.05) is 39.8 Å². The first-order valence-electron chi connectivity index (χ1n) is 5.70. The van der Waals surface area contributed by atoms with Crippen LogP contribution in [-0.4, -0.2) is 11.0 Å². The number of amides is 1. The largest absolute Gasteiger partial charge is 0.378 e. The Morgan fingerprint density at radius 3 is 2.74 bits per heavy atom. The zero-order chi connectivity index (χ0) is 13.4. The number of aliphatic hydroxyl groups excluding tert-OH is 1. The first-order valence-corrected chi connectivity index (χ1v) is 7.31. The smallest absolute Gasteiger partial charge is 0.257 e. The highest BCUT2D eigenvalue weighted by atomic mass is 79.9. The Morgan fingerprint density at radius 1 is 1.16 bits per heavy atom. The number of anilines is 1. The van der Waals surface area contributed by atoms with Crippen molar-refractivity contribution >= 4 is 39.3 Å². The molecule has 0 radical (unpaired) electrons. The molecular formula is C14H10BrNO2S. The van der Waals surface area contributed by atoms with E-state index in [0.29, 0.717) is 11.3 Å². The summed E-state index contributed by atoms with van der Waals surface area (Å²) in [6.45, 7) is 0. The first kappa shape index (κ1) is 12.7. The first-order chi connectivity index (χ1) is 9.13. The molecule has 0 fully saturated rings. The maximum atomic E-state index is 11.4. The highest BCUT2D eigenvalue weighted by Gasteiger charge is 2.28. The molecule has 96 valence electrons. The van der Waals surface area contributed by atoms with Crippen molar-refractivity contribution in [2.45, 2.75) is 15.9 Å². The molecule has 3 rings (SSSR count). The van der Waals surface area contributed by atoms with E-state index >= 15 is 0 Å². The Bertz CT molecular complexity index is 660. The van der Waals surface area contributed by atoms with Gasteiger partial charge < -0.3 is 10.4 Å². The minimum atomic E-state index is -1.04. The fraction of sp³-hybridized carbons (Fsp3) is 0.0714. The summed E-state index contributed by atoms with van der Waals surface area (Å²) in [6.07, 6.45) is -1.04. The molecule has 3 nitrogen and oxygen atoms in total. The topological polar surface area (TPSA) is 49.3 Å². The van der Waals surface area contributed by atoms with Crippen LogP contribution < -0.4 is 5.32 Å². The Hall–Kier alpha value is -1.30. The van der Waals surface area contributed by atoms with Gasteiger partial charge in [0.2, 0.25) is 0 Å². The number of hydrogen-bond acceptors (Lipinski definition) is 3. The van der Waals surface area contributed by atoms with Gasteiger partial charge in [0.25, 0.3) is 5.91 Å². The van der Waals surface area contributed by atoms with Gasteiger partial charge in [-0.2, -0.15) is 0 Å². The van der Waals surface area contributed by atoms with Crippen molar-refractivity contribution in [3.8, 4) is 0 Å². The molecule has 0 saturated heterocycles. The van der Waals surface area contributed by atoms with Crippen LogP contribution >= 0.6 is 27.7 Å². The van der Waals surface area contributed by atoms with Crippen LogP contribution in [0.3, 0.4) is 0 Å². The maximum absolute atomic E-state index is 11.4. The van der Waals surface area contributed by atoms with E-state index in [0.717, 1.165) is 14.3 Å². The second-order valence-corrected chi connectivity index (χ2v) is 6.26. The molecule has 2 aromatic rings. The third kappa shape index (κ3) is 2.54. The van der Waals surface area contributed by atoms with E-state index in [2.05, 4.69) is 21.2 Å². The van der Waals surface area contributed by atoms with Gasteiger partial charge >= 0.3 is 0 Å². The summed E-state index contributed by atoms with van der Waals surface area (Å²) >= 11 is 5.04. The Kier molecular flexibility index (Phi) is 3.35. The second-order valence-electron chi connectivity index (χ2n) is 4.20. The van der Waals surface area contributed by atoms with Crippen molar-refractivity contribution in [2.75, 3.05) is 5.32 Å². The van der Waals surface area contributed by atoms with Crippen molar-refractivity contribution in [1.82, 2.24) is 0 Å². The Labute approximate surface area is 123 Å². The lowest BCUT2D eigenvalue weighted by Crippen LogP contribution is -2.10. The lowest BCUT2D eigenvalue weighted by molar-refractivity contribution is -0.123. The number of hydrogen-bond donors (Lipinski definition) is 2. The van der Waals surface area contributed by atoms with Gasteiger partial charge in [0, 0.05) is 25.5 Å². The molecule has 0 bridgehead atoms. The van der Waals surface area contributed by atoms with Crippen molar-refractivity contribution in [3.63, 3.8) is 0 Å². The molecule has 1 aliphatic rings. The zero-order valence-electron chi connectivity index (χ0n) is 9.76. The number of carbonyl (C=O) groups excluding carboxylic acids is 1. The van der Waals surface area contributed by atoms with Crippen LogP contribution in [0.4, 0.5) is 5.69 Å². The highest BCUT2D eigenvalue weighted by molar-refractivity contribution is 9.10.